The number of halogens is 2. The molecule has 1 aliphatic heterocycles. The number of thiazole rings is 1. The van der Waals surface area contributed by atoms with E-state index >= 15 is 0 Å². The molecule has 190 valence electrons. The number of amides is 2. The summed E-state index contributed by atoms with van der Waals surface area (Å²) in [5.74, 6) is -1.76. The SMILES string of the molecule is CN(c1sc(NC(=O)C(C)(C)NC(=O)c2ccc(F)cc2)nc1-c1ccc(F)cc1)C1CCOCC1. The first-order valence-corrected chi connectivity index (χ1v) is 12.4. The van der Waals surface area contributed by atoms with Crippen LogP contribution in [0, 0.1) is 11.6 Å². The second kappa shape index (κ2) is 10.7. The van der Waals surface area contributed by atoms with Crippen molar-refractivity contribution in [2.45, 2.75) is 38.3 Å². The number of rotatable bonds is 7. The molecule has 2 heterocycles. The van der Waals surface area contributed by atoms with Crippen molar-refractivity contribution >= 4 is 33.3 Å². The van der Waals surface area contributed by atoms with Gasteiger partial charge in [0.25, 0.3) is 11.8 Å². The Bertz CT molecular complexity index is 1220. The van der Waals surface area contributed by atoms with E-state index in [4.69, 9.17) is 4.74 Å². The van der Waals surface area contributed by atoms with E-state index in [1.165, 1.54) is 47.7 Å². The van der Waals surface area contributed by atoms with Crippen LogP contribution in [0.25, 0.3) is 11.3 Å². The Labute approximate surface area is 212 Å². The molecular formula is C26H28F2N4O3S. The highest BCUT2D eigenvalue weighted by atomic mass is 32.1. The first-order valence-electron chi connectivity index (χ1n) is 11.6. The number of hydrogen-bond acceptors (Lipinski definition) is 6. The minimum absolute atomic E-state index is 0.241. The lowest BCUT2D eigenvalue weighted by Crippen LogP contribution is -2.52. The Balaban J connectivity index is 1.56. The zero-order valence-corrected chi connectivity index (χ0v) is 21.1. The highest BCUT2D eigenvalue weighted by Crippen LogP contribution is 2.40. The quantitative estimate of drug-likeness (QED) is 0.471. The topological polar surface area (TPSA) is 83.6 Å². The van der Waals surface area contributed by atoms with Crippen LogP contribution in [0.5, 0.6) is 0 Å². The molecule has 1 saturated heterocycles. The molecule has 0 atom stereocenters. The van der Waals surface area contributed by atoms with Crippen molar-refractivity contribution in [2.75, 3.05) is 30.5 Å². The third kappa shape index (κ3) is 5.88. The highest BCUT2D eigenvalue weighted by molar-refractivity contribution is 7.20. The molecule has 0 bridgehead atoms. The summed E-state index contributed by atoms with van der Waals surface area (Å²) >= 11 is 1.32. The molecule has 0 saturated carbocycles. The van der Waals surface area contributed by atoms with Crippen LogP contribution in [0.4, 0.5) is 18.9 Å². The third-order valence-corrected chi connectivity index (χ3v) is 7.17. The number of benzene rings is 2. The van der Waals surface area contributed by atoms with Crippen molar-refractivity contribution in [3.05, 3.63) is 65.7 Å². The van der Waals surface area contributed by atoms with Crippen LogP contribution in [0.1, 0.15) is 37.0 Å². The largest absolute Gasteiger partial charge is 0.381 e. The van der Waals surface area contributed by atoms with Gasteiger partial charge in [-0.05, 0) is 75.2 Å². The molecule has 0 radical (unpaired) electrons. The summed E-state index contributed by atoms with van der Waals surface area (Å²) in [7, 11) is 1.98. The molecule has 4 rings (SSSR count). The van der Waals surface area contributed by atoms with E-state index in [2.05, 4.69) is 20.5 Å². The summed E-state index contributed by atoms with van der Waals surface area (Å²) in [6, 6.07) is 11.4. The lowest BCUT2D eigenvalue weighted by atomic mass is 10.0. The number of carbonyl (C=O) groups is 2. The zero-order valence-electron chi connectivity index (χ0n) is 20.3. The first kappa shape index (κ1) is 25.7. The van der Waals surface area contributed by atoms with Gasteiger partial charge in [0.05, 0.1) is 0 Å². The molecule has 10 heteroatoms. The second-order valence-corrected chi connectivity index (χ2v) is 10.2. The van der Waals surface area contributed by atoms with Gasteiger partial charge < -0.3 is 15.0 Å². The van der Waals surface area contributed by atoms with Crippen LogP contribution in [0.15, 0.2) is 48.5 Å². The van der Waals surface area contributed by atoms with Gasteiger partial charge in [0.1, 0.15) is 27.9 Å². The van der Waals surface area contributed by atoms with Crippen LogP contribution < -0.4 is 15.5 Å². The number of anilines is 2. The monoisotopic (exact) mass is 514 g/mol. The van der Waals surface area contributed by atoms with Gasteiger partial charge in [-0.15, -0.1) is 0 Å². The number of nitrogens with zero attached hydrogens (tertiary/aromatic N) is 2. The van der Waals surface area contributed by atoms with Crippen LogP contribution >= 0.6 is 11.3 Å². The summed E-state index contributed by atoms with van der Waals surface area (Å²) in [5, 5.41) is 6.70. The molecule has 0 spiro atoms. The van der Waals surface area contributed by atoms with Crippen LogP contribution in [-0.4, -0.2) is 48.6 Å². The predicted octanol–water partition coefficient (Wildman–Crippen LogP) is 4.85. The maximum Gasteiger partial charge on any atom is 0.252 e. The average molecular weight is 515 g/mol. The Morgan fingerprint density at radius 3 is 2.22 bits per heavy atom. The second-order valence-electron chi connectivity index (χ2n) is 9.17. The summed E-state index contributed by atoms with van der Waals surface area (Å²) in [6.07, 6.45) is 1.72. The maximum atomic E-state index is 13.6. The number of aromatic nitrogens is 1. The van der Waals surface area contributed by atoms with Crippen LogP contribution in [-0.2, 0) is 9.53 Å². The lowest BCUT2D eigenvalue weighted by Gasteiger charge is -2.32. The van der Waals surface area contributed by atoms with Crippen molar-refractivity contribution in [3.63, 3.8) is 0 Å². The minimum atomic E-state index is -1.28. The Morgan fingerprint density at radius 2 is 1.61 bits per heavy atom. The van der Waals surface area contributed by atoms with E-state index in [-0.39, 0.29) is 17.4 Å². The fourth-order valence-electron chi connectivity index (χ4n) is 3.91. The molecular weight excluding hydrogens is 486 g/mol. The zero-order chi connectivity index (χ0) is 25.9. The van der Waals surface area contributed by atoms with Crippen molar-refractivity contribution < 1.29 is 23.1 Å². The van der Waals surface area contributed by atoms with Crippen molar-refractivity contribution in [3.8, 4) is 11.3 Å². The number of ether oxygens (including phenoxy) is 1. The molecule has 2 amide bonds. The predicted molar refractivity (Wildman–Crippen MR) is 136 cm³/mol. The number of hydrogen-bond donors (Lipinski definition) is 2. The van der Waals surface area contributed by atoms with Gasteiger partial charge in [0.15, 0.2) is 5.13 Å². The van der Waals surface area contributed by atoms with Gasteiger partial charge in [0.2, 0.25) is 0 Å². The summed E-state index contributed by atoms with van der Waals surface area (Å²) < 4.78 is 32.2. The Morgan fingerprint density at radius 1 is 1.03 bits per heavy atom. The normalized spacial score (nSPS) is 14.4. The lowest BCUT2D eigenvalue weighted by molar-refractivity contribution is -0.120. The maximum absolute atomic E-state index is 13.6. The molecule has 2 aromatic carbocycles. The molecule has 7 nitrogen and oxygen atoms in total. The molecule has 1 aliphatic rings. The van der Waals surface area contributed by atoms with E-state index in [9.17, 15) is 18.4 Å². The number of carbonyl (C=O) groups excluding carboxylic acids is 2. The van der Waals surface area contributed by atoms with Crippen molar-refractivity contribution in [1.29, 1.82) is 0 Å². The average Bonchev–Trinajstić information content (AvgIpc) is 3.28. The summed E-state index contributed by atoms with van der Waals surface area (Å²) in [6.45, 7) is 4.50. The summed E-state index contributed by atoms with van der Waals surface area (Å²) in [4.78, 5) is 32.5. The Kier molecular flexibility index (Phi) is 7.65. The highest BCUT2D eigenvalue weighted by Gasteiger charge is 2.32. The molecule has 2 N–H and O–H groups in total. The first-order chi connectivity index (χ1) is 17.1. The van der Waals surface area contributed by atoms with Crippen LogP contribution in [0.2, 0.25) is 0 Å². The van der Waals surface area contributed by atoms with Gasteiger partial charge >= 0.3 is 0 Å². The van der Waals surface area contributed by atoms with E-state index in [1.807, 2.05) is 7.05 Å². The van der Waals surface area contributed by atoms with Gasteiger partial charge in [-0.3, -0.25) is 14.9 Å². The van der Waals surface area contributed by atoms with Crippen molar-refractivity contribution in [2.24, 2.45) is 0 Å². The fraction of sp³-hybridized carbons (Fsp3) is 0.346. The van der Waals surface area contributed by atoms with Gasteiger partial charge in [0, 0.05) is 37.4 Å². The Hall–Kier alpha value is -3.37. The third-order valence-electron chi connectivity index (χ3n) is 6.11. The van der Waals surface area contributed by atoms with Crippen molar-refractivity contribution in [1.82, 2.24) is 10.3 Å². The van der Waals surface area contributed by atoms with E-state index < -0.39 is 23.2 Å². The molecule has 0 aliphatic carbocycles. The molecule has 1 fully saturated rings. The van der Waals surface area contributed by atoms with E-state index in [1.54, 1.807) is 26.0 Å². The number of nitrogens with one attached hydrogen (secondary N) is 2. The van der Waals surface area contributed by atoms with E-state index in [0.717, 1.165) is 23.4 Å². The van der Waals surface area contributed by atoms with Crippen LogP contribution in [0.3, 0.4) is 0 Å². The minimum Gasteiger partial charge on any atom is -0.381 e. The summed E-state index contributed by atoms with van der Waals surface area (Å²) in [5.41, 5.74) is 0.328. The van der Waals surface area contributed by atoms with Gasteiger partial charge in [-0.25, -0.2) is 13.8 Å². The molecule has 36 heavy (non-hydrogen) atoms. The standard InChI is InChI=1S/C26H28F2N4O3S/c1-26(2,31-22(33)17-6-10-19(28)11-7-17)24(34)30-25-29-21(16-4-8-18(27)9-5-16)23(36-25)32(3)20-12-14-35-15-13-20/h4-11,20H,12-15H2,1-3H3,(H,31,33)(H,29,30,34). The molecule has 3 aromatic rings. The molecule has 0 unspecified atom stereocenters. The fourth-order valence-corrected chi connectivity index (χ4v) is 4.92. The van der Waals surface area contributed by atoms with E-state index in [0.29, 0.717) is 24.0 Å². The molecule has 1 aromatic heterocycles. The van der Waals surface area contributed by atoms with Gasteiger partial charge in [-0.1, -0.05) is 11.3 Å². The van der Waals surface area contributed by atoms with Gasteiger partial charge in [-0.2, -0.15) is 0 Å². The smallest absolute Gasteiger partial charge is 0.252 e.